The Morgan fingerprint density at radius 1 is 1.50 bits per heavy atom. The Kier molecular flexibility index (Phi) is 4.10. The second kappa shape index (κ2) is 5.19. The fraction of sp³-hybridized carbons (Fsp3) is 0.500. The molecule has 0 aliphatic heterocycles. The minimum absolute atomic E-state index is 0.248. The summed E-state index contributed by atoms with van der Waals surface area (Å²) in [5.74, 6) is -1.56. The van der Waals surface area contributed by atoms with Gasteiger partial charge in [-0.3, -0.25) is 0 Å². The maximum atomic E-state index is 12.4. The highest BCUT2D eigenvalue weighted by atomic mass is 19.4. The van der Waals surface area contributed by atoms with E-state index in [0.29, 0.717) is 0 Å². The maximum absolute atomic E-state index is 12.4. The van der Waals surface area contributed by atoms with Gasteiger partial charge in [-0.15, -0.1) is 0 Å². The molecule has 0 radical (unpaired) electrons. The molecule has 0 bridgehead atoms. The van der Waals surface area contributed by atoms with Crippen LogP contribution in [0.1, 0.15) is 24.3 Å². The zero-order valence-electron chi connectivity index (χ0n) is 9.77. The van der Waals surface area contributed by atoms with Gasteiger partial charge in [0.2, 0.25) is 5.95 Å². The number of rotatable bonds is 4. The molecule has 0 atom stereocenters. The highest BCUT2D eigenvalue weighted by Crippen LogP contribution is 2.21. The summed E-state index contributed by atoms with van der Waals surface area (Å²) in [4.78, 5) is 18.9. The molecule has 100 valence electrons. The van der Waals surface area contributed by atoms with Crippen molar-refractivity contribution in [1.82, 2.24) is 9.97 Å². The number of carbonyl (C=O) groups is 1. The predicted octanol–water partition coefficient (Wildman–Crippen LogP) is 1.95. The summed E-state index contributed by atoms with van der Waals surface area (Å²) in [7, 11) is 0. The molecule has 1 aromatic heterocycles. The molecule has 0 amide bonds. The van der Waals surface area contributed by atoms with Crippen LogP contribution in [0, 0.1) is 0 Å². The van der Waals surface area contributed by atoms with Crippen molar-refractivity contribution in [2.24, 2.45) is 0 Å². The second-order valence-electron chi connectivity index (χ2n) is 3.88. The van der Waals surface area contributed by atoms with Crippen molar-refractivity contribution in [3.8, 4) is 0 Å². The fourth-order valence-electron chi connectivity index (χ4n) is 1.28. The predicted molar refractivity (Wildman–Crippen MR) is 57.5 cm³/mol. The van der Waals surface area contributed by atoms with Gasteiger partial charge in [0, 0.05) is 12.2 Å². The summed E-state index contributed by atoms with van der Waals surface area (Å²) in [5.41, 5.74) is -0.340. The van der Waals surface area contributed by atoms with Crippen LogP contribution in [0.25, 0.3) is 0 Å². The number of aromatic carboxylic acids is 1. The molecule has 8 heteroatoms. The average molecular weight is 263 g/mol. The van der Waals surface area contributed by atoms with Crippen LogP contribution >= 0.6 is 0 Å². The molecule has 0 spiro atoms. The number of halogens is 3. The molecule has 5 nitrogen and oxygen atoms in total. The number of carboxylic acids is 1. The summed E-state index contributed by atoms with van der Waals surface area (Å²) < 4.78 is 37.2. The van der Waals surface area contributed by atoms with Gasteiger partial charge >= 0.3 is 12.1 Å². The van der Waals surface area contributed by atoms with Crippen LogP contribution in [0.2, 0.25) is 0 Å². The van der Waals surface area contributed by atoms with E-state index in [2.05, 4.69) is 9.97 Å². The molecule has 1 N–H and O–H groups in total. The Labute approximate surface area is 101 Å². The number of anilines is 1. The molecule has 0 saturated heterocycles. The summed E-state index contributed by atoms with van der Waals surface area (Å²) in [6, 6.07) is 0.619. The van der Waals surface area contributed by atoms with Crippen molar-refractivity contribution < 1.29 is 23.1 Å². The summed E-state index contributed by atoms with van der Waals surface area (Å²) in [6.45, 7) is 1.86. The van der Waals surface area contributed by atoms with E-state index in [-0.39, 0.29) is 11.6 Å². The maximum Gasteiger partial charge on any atom is 0.406 e. The molecule has 0 aromatic carbocycles. The first-order chi connectivity index (χ1) is 8.20. The fourth-order valence-corrected chi connectivity index (χ4v) is 1.28. The molecule has 0 aliphatic carbocycles. The molecule has 1 aromatic rings. The third kappa shape index (κ3) is 3.86. The van der Waals surface area contributed by atoms with E-state index in [1.807, 2.05) is 0 Å². The van der Waals surface area contributed by atoms with E-state index in [9.17, 15) is 18.0 Å². The first-order valence-corrected chi connectivity index (χ1v) is 5.10. The van der Waals surface area contributed by atoms with E-state index in [1.54, 1.807) is 13.8 Å². The van der Waals surface area contributed by atoms with Crippen LogP contribution in [-0.4, -0.2) is 39.8 Å². The lowest BCUT2D eigenvalue weighted by Crippen LogP contribution is -2.40. The van der Waals surface area contributed by atoms with Crippen molar-refractivity contribution in [2.45, 2.75) is 26.1 Å². The van der Waals surface area contributed by atoms with Gasteiger partial charge in [0.15, 0.2) is 5.69 Å². The van der Waals surface area contributed by atoms with Crippen LogP contribution < -0.4 is 4.90 Å². The Morgan fingerprint density at radius 3 is 2.56 bits per heavy atom. The lowest BCUT2D eigenvalue weighted by atomic mass is 10.3. The van der Waals surface area contributed by atoms with E-state index < -0.39 is 24.7 Å². The number of alkyl halides is 3. The van der Waals surface area contributed by atoms with Crippen molar-refractivity contribution >= 4 is 11.9 Å². The molecule has 1 heterocycles. The molecule has 1 rings (SSSR count). The zero-order valence-corrected chi connectivity index (χ0v) is 9.77. The topological polar surface area (TPSA) is 66.3 Å². The van der Waals surface area contributed by atoms with Gasteiger partial charge in [-0.1, -0.05) is 0 Å². The van der Waals surface area contributed by atoms with Crippen LogP contribution in [-0.2, 0) is 0 Å². The van der Waals surface area contributed by atoms with Crippen LogP contribution in [0.5, 0.6) is 0 Å². The third-order valence-corrected chi connectivity index (χ3v) is 2.09. The number of hydrogen-bond donors (Lipinski definition) is 1. The summed E-state index contributed by atoms with van der Waals surface area (Å²) in [6.07, 6.45) is -3.29. The molecular weight excluding hydrogens is 251 g/mol. The molecule has 0 saturated carbocycles. The van der Waals surface area contributed by atoms with Gasteiger partial charge in [-0.2, -0.15) is 13.2 Å². The largest absolute Gasteiger partial charge is 0.477 e. The SMILES string of the molecule is CC(C)N(CC(F)(F)F)c1nccc(C(=O)O)n1. The standard InChI is InChI=1S/C10H12F3N3O2/c1-6(2)16(5-10(11,12)13)9-14-4-3-7(15-9)8(17)18/h3-4,6H,5H2,1-2H3,(H,17,18). The van der Waals surface area contributed by atoms with E-state index >= 15 is 0 Å². The summed E-state index contributed by atoms with van der Waals surface area (Å²) in [5, 5.41) is 8.73. The van der Waals surface area contributed by atoms with Gasteiger partial charge in [0.1, 0.15) is 6.54 Å². The number of aromatic nitrogens is 2. The average Bonchev–Trinajstić information content (AvgIpc) is 2.24. The molecule has 0 aliphatic rings. The van der Waals surface area contributed by atoms with E-state index in [0.717, 1.165) is 17.2 Å². The Hall–Kier alpha value is -1.86. The quantitative estimate of drug-likeness (QED) is 0.899. The second-order valence-corrected chi connectivity index (χ2v) is 3.88. The first-order valence-electron chi connectivity index (χ1n) is 5.10. The van der Waals surface area contributed by atoms with Gasteiger partial charge < -0.3 is 10.0 Å². The molecular formula is C10H12F3N3O2. The number of nitrogens with zero attached hydrogens (tertiary/aromatic N) is 3. The van der Waals surface area contributed by atoms with Crippen LogP contribution in [0.3, 0.4) is 0 Å². The highest BCUT2D eigenvalue weighted by molar-refractivity contribution is 5.85. The van der Waals surface area contributed by atoms with Crippen molar-refractivity contribution in [3.05, 3.63) is 18.0 Å². The van der Waals surface area contributed by atoms with Gasteiger partial charge in [0.25, 0.3) is 0 Å². The first kappa shape index (κ1) is 14.2. The van der Waals surface area contributed by atoms with E-state index in [1.165, 1.54) is 0 Å². The smallest absolute Gasteiger partial charge is 0.406 e. The lowest BCUT2D eigenvalue weighted by Gasteiger charge is -2.27. The Morgan fingerprint density at radius 2 is 2.11 bits per heavy atom. The highest BCUT2D eigenvalue weighted by Gasteiger charge is 2.33. The Balaban J connectivity index is 3.06. The van der Waals surface area contributed by atoms with E-state index in [4.69, 9.17) is 5.11 Å². The Bertz CT molecular complexity index is 435. The summed E-state index contributed by atoms with van der Waals surface area (Å²) >= 11 is 0. The van der Waals surface area contributed by atoms with Gasteiger partial charge in [-0.25, -0.2) is 14.8 Å². The monoisotopic (exact) mass is 263 g/mol. The molecule has 0 unspecified atom stereocenters. The van der Waals surface area contributed by atoms with Crippen LogP contribution in [0.4, 0.5) is 19.1 Å². The number of hydrogen-bond acceptors (Lipinski definition) is 4. The third-order valence-electron chi connectivity index (χ3n) is 2.09. The lowest BCUT2D eigenvalue weighted by molar-refractivity contribution is -0.120. The van der Waals surface area contributed by atoms with Crippen LogP contribution in [0.15, 0.2) is 12.3 Å². The zero-order chi connectivity index (χ0) is 13.9. The minimum Gasteiger partial charge on any atom is -0.477 e. The number of carboxylic acid groups (broad SMARTS) is 1. The van der Waals surface area contributed by atoms with Crippen molar-refractivity contribution in [3.63, 3.8) is 0 Å². The minimum atomic E-state index is -4.41. The normalized spacial score (nSPS) is 11.7. The molecule has 18 heavy (non-hydrogen) atoms. The molecule has 0 fully saturated rings. The van der Waals surface area contributed by atoms with Gasteiger partial charge in [0.05, 0.1) is 0 Å². The van der Waals surface area contributed by atoms with Gasteiger partial charge in [-0.05, 0) is 19.9 Å². The van der Waals surface area contributed by atoms with Crippen molar-refractivity contribution in [1.29, 1.82) is 0 Å². The van der Waals surface area contributed by atoms with Crippen molar-refractivity contribution in [2.75, 3.05) is 11.4 Å².